The number of nitrogens with one attached hydrogen (secondary N) is 1. The van der Waals surface area contributed by atoms with Crippen LogP contribution in [0.2, 0.25) is 0 Å². The number of hydrogen-bond acceptors (Lipinski definition) is 3. The van der Waals surface area contributed by atoms with Crippen molar-refractivity contribution in [2.24, 2.45) is 0 Å². The van der Waals surface area contributed by atoms with Crippen LogP contribution >= 0.6 is 15.9 Å². The standard InChI is InChI=1S/C14H18BrN3O/c1-10(2)18-9-16-7-14(18)13(8-19)17-12-5-3-11(15)4-6-12/h3-7,9-10,13,17,19H,8H2,1-2H3. The fraction of sp³-hybridized carbons (Fsp3) is 0.357. The second kappa shape index (κ2) is 6.21. The summed E-state index contributed by atoms with van der Waals surface area (Å²) in [6, 6.07) is 8.04. The van der Waals surface area contributed by atoms with Gasteiger partial charge in [-0.3, -0.25) is 0 Å². The summed E-state index contributed by atoms with van der Waals surface area (Å²) in [4.78, 5) is 4.17. The Labute approximate surface area is 121 Å². The number of anilines is 1. The first kappa shape index (κ1) is 14.1. The third-order valence-electron chi connectivity index (χ3n) is 2.98. The van der Waals surface area contributed by atoms with Gasteiger partial charge in [-0.05, 0) is 38.1 Å². The van der Waals surface area contributed by atoms with Gasteiger partial charge in [0.2, 0.25) is 0 Å². The molecule has 2 rings (SSSR count). The van der Waals surface area contributed by atoms with Gasteiger partial charge in [-0.15, -0.1) is 0 Å². The van der Waals surface area contributed by atoms with Crippen LogP contribution in [0.4, 0.5) is 5.69 Å². The normalized spacial score (nSPS) is 12.7. The highest BCUT2D eigenvalue weighted by molar-refractivity contribution is 9.10. The van der Waals surface area contributed by atoms with Crippen molar-refractivity contribution in [1.29, 1.82) is 0 Å². The molecule has 2 aromatic rings. The molecule has 102 valence electrons. The fourth-order valence-corrected chi connectivity index (χ4v) is 2.24. The third-order valence-corrected chi connectivity index (χ3v) is 3.51. The van der Waals surface area contributed by atoms with Crippen LogP contribution in [-0.2, 0) is 0 Å². The maximum atomic E-state index is 9.61. The predicted molar refractivity (Wildman–Crippen MR) is 80.2 cm³/mol. The van der Waals surface area contributed by atoms with E-state index in [9.17, 15) is 5.11 Å². The maximum absolute atomic E-state index is 9.61. The summed E-state index contributed by atoms with van der Waals surface area (Å²) >= 11 is 3.41. The van der Waals surface area contributed by atoms with E-state index in [0.29, 0.717) is 6.04 Å². The third kappa shape index (κ3) is 3.36. The Hall–Kier alpha value is -1.33. The molecule has 0 radical (unpaired) electrons. The van der Waals surface area contributed by atoms with Gasteiger partial charge in [-0.1, -0.05) is 15.9 Å². The summed E-state index contributed by atoms with van der Waals surface area (Å²) in [7, 11) is 0. The Morgan fingerprint density at radius 1 is 1.32 bits per heavy atom. The monoisotopic (exact) mass is 323 g/mol. The number of hydrogen-bond donors (Lipinski definition) is 2. The van der Waals surface area contributed by atoms with Crippen LogP contribution in [0.3, 0.4) is 0 Å². The van der Waals surface area contributed by atoms with Gasteiger partial charge in [0, 0.05) is 16.2 Å². The number of aromatic nitrogens is 2. The number of aliphatic hydroxyl groups excluding tert-OH is 1. The lowest BCUT2D eigenvalue weighted by Gasteiger charge is -2.21. The van der Waals surface area contributed by atoms with Gasteiger partial charge in [0.15, 0.2) is 0 Å². The molecule has 0 aliphatic carbocycles. The minimum atomic E-state index is -0.161. The van der Waals surface area contributed by atoms with E-state index in [1.807, 2.05) is 24.3 Å². The Morgan fingerprint density at radius 2 is 2.00 bits per heavy atom. The number of aliphatic hydroxyl groups is 1. The average molecular weight is 324 g/mol. The van der Waals surface area contributed by atoms with E-state index in [1.165, 1.54) is 0 Å². The number of rotatable bonds is 5. The summed E-state index contributed by atoms with van der Waals surface area (Å²) in [6.07, 6.45) is 3.60. The van der Waals surface area contributed by atoms with Crippen molar-refractivity contribution in [2.45, 2.75) is 25.9 Å². The first-order valence-electron chi connectivity index (χ1n) is 6.26. The molecule has 1 aromatic heterocycles. The number of nitrogens with zero attached hydrogens (tertiary/aromatic N) is 2. The van der Waals surface area contributed by atoms with Crippen molar-refractivity contribution in [3.05, 3.63) is 47.0 Å². The van der Waals surface area contributed by atoms with E-state index >= 15 is 0 Å². The van der Waals surface area contributed by atoms with E-state index in [0.717, 1.165) is 15.9 Å². The van der Waals surface area contributed by atoms with Crippen molar-refractivity contribution < 1.29 is 5.11 Å². The largest absolute Gasteiger partial charge is 0.394 e. The smallest absolute Gasteiger partial charge is 0.0951 e. The van der Waals surface area contributed by atoms with E-state index in [4.69, 9.17) is 0 Å². The molecule has 1 unspecified atom stereocenters. The number of imidazole rings is 1. The molecule has 0 amide bonds. The molecule has 1 atom stereocenters. The van der Waals surface area contributed by atoms with E-state index in [2.05, 4.69) is 44.6 Å². The summed E-state index contributed by atoms with van der Waals surface area (Å²) in [5, 5.41) is 12.9. The van der Waals surface area contributed by atoms with Crippen LogP contribution in [0.5, 0.6) is 0 Å². The van der Waals surface area contributed by atoms with E-state index in [-0.39, 0.29) is 12.6 Å². The predicted octanol–water partition coefficient (Wildman–Crippen LogP) is 3.37. The summed E-state index contributed by atoms with van der Waals surface area (Å²) in [5.41, 5.74) is 1.96. The molecule has 0 spiro atoms. The Morgan fingerprint density at radius 3 is 2.58 bits per heavy atom. The van der Waals surface area contributed by atoms with E-state index < -0.39 is 0 Å². The first-order chi connectivity index (χ1) is 9.11. The second-order valence-corrected chi connectivity index (χ2v) is 5.62. The number of halogens is 1. The van der Waals surface area contributed by atoms with Crippen molar-refractivity contribution in [2.75, 3.05) is 11.9 Å². The lowest BCUT2D eigenvalue weighted by molar-refractivity contribution is 0.271. The molecular formula is C14H18BrN3O. The van der Waals surface area contributed by atoms with Crippen LogP contribution < -0.4 is 5.32 Å². The topological polar surface area (TPSA) is 50.1 Å². The molecule has 4 nitrogen and oxygen atoms in total. The highest BCUT2D eigenvalue weighted by Gasteiger charge is 2.16. The molecule has 1 aromatic carbocycles. The molecule has 1 heterocycles. The fourth-order valence-electron chi connectivity index (χ4n) is 1.98. The molecule has 2 N–H and O–H groups in total. The van der Waals surface area contributed by atoms with Crippen molar-refractivity contribution >= 4 is 21.6 Å². The maximum Gasteiger partial charge on any atom is 0.0951 e. The van der Waals surface area contributed by atoms with Crippen molar-refractivity contribution in [3.8, 4) is 0 Å². The lowest BCUT2D eigenvalue weighted by Crippen LogP contribution is -2.19. The molecule has 0 fully saturated rings. The molecular weight excluding hydrogens is 306 g/mol. The van der Waals surface area contributed by atoms with Gasteiger partial charge >= 0.3 is 0 Å². The van der Waals surface area contributed by atoms with Gasteiger partial charge in [0.05, 0.1) is 30.9 Å². The van der Waals surface area contributed by atoms with Crippen LogP contribution in [0.1, 0.15) is 31.6 Å². The molecule has 0 aliphatic rings. The molecule has 0 saturated carbocycles. The Balaban J connectivity index is 2.20. The summed E-state index contributed by atoms with van der Waals surface area (Å²) in [6.45, 7) is 4.22. The van der Waals surface area contributed by atoms with Gasteiger partial charge in [0.1, 0.15) is 0 Å². The van der Waals surface area contributed by atoms with Gasteiger partial charge in [-0.2, -0.15) is 0 Å². The molecule has 5 heteroatoms. The molecule has 19 heavy (non-hydrogen) atoms. The van der Waals surface area contributed by atoms with Crippen molar-refractivity contribution in [3.63, 3.8) is 0 Å². The average Bonchev–Trinajstić information content (AvgIpc) is 2.87. The minimum Gasteiger partial charge on any atom is -0.394 e. The first-order valence-corrected chi connectivity index (χ1v) is 7.05. The van der Waals surface area contributed by atoms with Crippen molar-refractivity contribution in [1.82, 2.24) is 9.55 Å². The van der Waals surface area contributed by atoms with Gasteiger partial charge < -0.3 is 15.0 Å². The highest BCUT2D eigenvalue weighted by atomic mass is 79.9. The quantitative estimate of drug-likeness (QED) is 0.886. The van der Waals surface area contributed by atoms with Crippen LogP contribution in [-0.4, -0.2) is 21.3 Å². The SMILES string of the molecule is CC(C)n1cncc1C(CO)Nc1ccc(Br)cc1. The zero-order valence-electron chi connectivity index (χ0n) is 11.0. The minimum absolute atomic E-state index is 0.0223. The lowest BCUT2D eigenvalue weighted by atomic mass is 10.2. The summed E-state index contributed by atoms with van der Waals surface area (Å²) < 4.78 is 3.10. The molecule has 0 bridgehead atoms. The van der Waals surface area contributed by atoms with Crippen LogP contribution in [0, 0.1) is 0 Å². The van der Waals surface area contributed by atoms with Gasteiger partial charge in [0.25, 0.3) is 0 Å². The molecule has 0 saturated heterocycles. The van der Waals surface area contributed by atoms with E-state index in [1.54, 1.807) is 12.5 Å². The Kier molecular flexibility index (Phi) is 4.61. The van der Waals surface area contributed by atoms with Crippen LogP contribution in [0.15, 0.2) is 41.3 Å². The highest BCUT2D eigenvalue weighted by Crippen LogP contribution is 2.22. The molecule has 0 aliphatic heterocycles. The van der Waals surface area contributed by atoms with Crippen LogP contribution in [0.25, 0.3) is 0 Å². The summed E-state index contributed by atoms with van der Waals surface area (Å²) in [5.74, 6) is 0. The number of benzene rings is 1. The zero-order valence-corrected chi connectivity index (χ0v) is 12.6. The second-order valence-electron chi connectivity index (χ2n) is 4.71. The zero-order chi connectivity index (χ0) is 13.8. The van der Waals surface area contributed by atoms with Gasteiger partial charge in [-0.25, -0.2) is 4.98 Å². The Bertz CT molecular complexity index is 522.